The molecule has 0 aromatic carbocycles. The van der Waals surface area contributed by atoms with Crippen LogP contribution >= 0.6 is 0 Å². The van der Waals surface area contributed by atoms with Crippen molar-refractivity contribution in [2.24, 2.45) is 0 Å². The van der Waals surface area contributed by atoms with Crippen LogP contribution in [0, 0.1) is 11.3 Å². The summed E-state index contributed by atoms with van der Waals surface area (Å²) >= 11 is 0. The number of alkyl halides is 3. The summed E-state index contributed by atoms with van der Waals surface area (Å²) in [5.41, 5.74) is 0.874. The number of carbonyl (C=O) groups is 2. The molecule has 1 amide bonds. The van der Waals surface area contributed by atoms with Crippen molar-refractivity contribution < 1.29 is 32.6 Å². The molecule has 1 saturated heterocycles. The number of nitrogens with one attached hydrogen (secondary N) is 1. The number of hydrogen-bond donors (Lipinski definition) is 2. The highest BCUT2D eigenvalue weighted by molar-refractivity contribution is 5.81. The minimum absolute atomic E-state index is 0.135. The first-order valence-corrected chi connectivity index (χ1v) is 11.9. The lowest BCUT2D eigenvalue weighted by atomic mass is 9.88. The number of nitriles is 1. The minimum Gasteiger partial charge on any atom is -0.475 e. The highest BCUT2D eigenvalue weighted by atomic mass is 19.4. The molecule has 1 fully saturated rings. The SMILES string of the molecule is N#Cc1ccc(N2CCC3(CC2)OC(C(=O)NCc2cccnc2)Cn2ccnc23)nc1.O=C(O)C(F)(F)F. The summed E-state index contributed by atoms with van der Waals surface area (Å²) in [6.07, 6.45) is 4.43. The summed E-state index contributed by atoms with van der Waals surface area (Å²) in [7, 11) is 0. The smallest absolute Gasteiger partial charge is 0.475 e. The molecule has 0 saturated carbocycles. The molecule has 5 rings (SSSR count). The van der Waals surface area contributed by atoms with Crippen molar-refractivity contribution in [3.8, 4) is 6.07 Å². The fourth-order valence-electron chi connectivity index (χ4n) is 4.42. The minimum atomic E-state index is -5.08. The van der Waals surface area contributed by atoms with Crippen molar-refractivity contribution in [3.63, 3.8) is 0 Å². The Bertz CT molecular complexity index is 1330. The maximum atomic E-state index is 12.9. The van der Waals surface area contributed by atoms with Crippen LogP contribution in [0.4, 0.5) is 19.0 Å². The van der Waals surface area contributed by atoms with Crippen molar-refractivity contribution in [2.45, 2.75) is 43.8 Å². The first-order valence-electron chi connectivity index (χ1n) is 11.9. The van der Waals surface area contributed by atoms with Gasteiger partial charge in [0.1, 0.15) is 23.3 Å². The van der Waals surface area contributed by atoms with E-state index in [2.05, 4.69) is 31.2 Å². The molecule has 1 atom stereocenters. The summed E-state index contributed by atoms with van der Waals surface area (Å²) in [6.45, 7) is 2.29. The van der Waals surface area contributed by atoms with E-state index in [1.165, 1.54) is 0 Å². The van der Waals surface area contributed by atoms with Crippen LogP contribution in [0.3, 0.4) is 0 Å². The number of carboxylic acid groups (broad SMARTS) is 1. The highest BCUT2D eigenvalue weighted by Gasteiger charge is 2.47. The number of aliphatic carboxylic acids is 1. The third kappa shape index (κ3) is 6.50. The van der Waals surface area contributed by atoms with E-state index in [1.807, 2.05) is 29.0 Å². The van der Waals surface area contributed by atoms with E-state index in [0.717, 1.165) is 30.3 Å². The van der Waals surface area contributed by atoms with Crippen LogP contribution in [0.1, 0.15) is 29.8 Å². The summed E-state index contributed by atoms with van der Waals surface area (Å²) < 4.78 is 40.2. The molecule has 1 unspecified atom stereocenters. The normalized spacial score (nSPS) is 17.8. The second kappa shape index (κ2) is 11.5. The van der Waals surface area contributed by atoms with Crippen LogP contribution in [0.15, 0.2) is 55.2 Å². The Kier molecular flexibility index (Phi) is 8.10. The highest BCUT2D eigenvalue weighted by Crippen LogP contribution is 2.40. The van der Waals surface area contributed by atoms with Gasteiger partial charge in [-0.15, -0.1) is 0 Å². The van der Waals surface area contributed by atoms with Gasteiger partial charge in [-0.2, -0.15) is 18.4 Å². The number of hydrogen-bond acceptors (Lipinski definition) is 8. The predicted octanol–water partition coefficient (Wildman–Crippen LogP) is 2.39. The molecule has 2 aliphatic rings. The number of amides is 1. The molecular weight excluding hydrogens is 519 g/mol. The van der Waals surface area contributed by atoms with Gasteiger partial charge >= 0.3 is 12.1 Å². The van der Waals surface area contributed by atoms with Gasteiger partial charge < -0.3 is 24.6 Å². The molecule has 3 aromatic rings. The standard InChI is InChI=1S/C23H23N7O2.C2HF3O2/c24-12-17-3-4-20(27-14-17)29-9-5-23(6-10-29)22-26-8-11-30(22)16-19(32-23)21(31)28-15-18-2-1-7-25-13-18;3-2(4,5)1(6)7/h1-4,7-8,11,13-14,19H,5-6,9-10,15-16H2,(H,28,31);(H,6,7). The zero-order chi connectivity index (χ0) is 28.0. The maximum absolute atomic E-state index is 12.9. The summed E-state index contributed by atoms with van der Waals surface area (Å²) in [5, 5.41) is 19.1. The molecule has 3 aromatic heterocycles. The maximum Gasteiger partial charge on any atom is 0.490 e. The Hall–Kier alpha value is -4.51. The monoisotopic (exact) mass is 543 g/mol. The van der Waals surface area contributed by atoms with Crippen molar-refractivity contribution in [2.75, 3.05) is 18.0 Å². The number of fused-ring (bicyclic) bond motifs is 2. The van der Waals surface area contributed by atoms with Gasteiger partial charge in [0.2, 0.25) is 0 Å². The lowest BCUT2D eigenvalue weighted by molar-refractivity contribution is -0.192. The molecule has 2 aliphatic heterocycles. The number of imidazole rings is 1. The van der Waals surface area contributed by atoms with Gasteiger partial charge in [-0.1, -0.05) is 6.07 Å². The molecule has 5 heterocycles. The zero-order valence-electron chi connectivity index (χ0n) is 20.5. The van der Waals surface area contributed by atoms with Crippen LogP contribution in [-0.4, -0.2) is 61.9 Å². The van der Waals surface area contributed by atoms with Crippen molar-refractivity contribution in [1.29, 1.82) is 5.26 Å². The number of pyridine rings is 2. The van der Waals surface area contributed by atoms with Crippen LogP contribution in [0.25, 0.3) is 0 Å². The molecule has 0 bridgehead atoms. The molecule has 0 aliphatic carbocycles. The third-order valence-corrected chi connectivity index (χ3v) is 6.35. The van der Waals surface area contributed by atoms with E-state index in [1.54, 1.807) is 30.9 Å². The van der Waals surface area contributed by atoms with Gasteiger partial charge in [-0.3, -0.25) is 9.78 Å². The average molecular weight is 544 g/mol. The number of halogens is 3. The van der Waals surface area contributed by atoms with Gasteiger partial charge in [0.25, 0.3) is 5.91 Å². The lowest BCUT2D eigenvalue weighted by Crippen LogP contribution is -2.54. The quantitative estimate of drug-likeness (QED) is 0.506. The number of ether oxygens (including phenoxy) is 1. The Morgan fingerprint density at radius 2 is 1.92 bits per heavy atom. The molecular formula is C25H24F3N7O4. The molecule has 204 valence electrons. The Morgan fingerprint density at radius 3 is 2.51 bits per heavy atom. The van der Waals surface area contributed by atoms with Gasteiger partial charge in [0.05, 0.1) is 12.1 Å². The van der Waals surface area contributed by atoms with Crippen LogP contribution in [0.2, 0.25) is 0 Å². The molecule has 2 N–H and O–H groups in total. The summed E-state index contributed by atoms with van der Waals surface area (Å²) in [6, 6.07) is 9.52. The number of nitrogens with zero attached hydrogens (tertiary/aromatic N) is 6. The Labute approximate surface area is 220 Å². The lowest BCUT2D eigenvalue weighted by Gasteiger charge is -2.45. The number of anilines is 1. The van der Waals surface area contributed by atoms with Gasteiger partial charge in [0, 0.05) is 63.5 Å². The van der Waals surface area contributed by atoms with Crippen molar-refractivity contribution in [3.05, 3.63) is 72.2 Å². The predicted molar refractivity (Wildman–Crippen MR) is 129 cm³/mol. The second-order valence-corrected chi connectivity index (χ2v) is 8.89. The average Bonchev–Trinajstić information content (AvgIpc) is 3.43. The number of rotatable bonds is 4. The Morgan fingerprint density at radius 1 is 1.18 bits per heavy atom. The number of piperidine rings is 1. The molecule has 0 radical (unpaired) electrons. The van der Waals surface area contributed by atoms with Crippen molar-refractivity contribution in [1.82, 2.24) is 24.8 Å². The molecule has 1 spiro atoms. The van der Waals surface area contributed by atoms with E-state index < -0.39 is 23.9 Å². The van der Waals surface area contributed by atoms with Crippen molar-refractivity contribution >= 4 is 17.7 Å². The number of aromatic nitrogens is 4. The number of carboxylic acids is 1. The second-order valence-electron chi connectivity index (χ2n) is 8.89. The van der Waals surface area contributed by atoms with E-state index in [0.29, 0.717) is 31.5 Å². The first-order chi connectivity index (χ1) is 18.6. The third-order valence-electron chi connectivity index (χ3n) is 6.35. The van der Waals surface area contributed by atoms with Crippen LogP contribution in [0.5, 0.6) is 0 Å². The Balaban J connectivity index is 0.000000448. The zero-order valence-corrected chi connectivity index (χ0v) is 20.5. The van der Waals surface area contributed by atoms with E-state index >= 15 is 0 Å². The van der Waals surface area contributed by atoms with E-state index in [-0.39, 0.29) is 5.91 Å². The fourth-order valence-corrected chi connectivity index (χ4v) is 4.42. The summed E-state index contributed by atoms with van der Waals surface area (Å²) in [4.78, 5) is 37.1. The topological polar surface area (TPSA) is 146 Å². The first kappa shape index (κ1) is 27.5. The van der Waals surface area contributed by atoms with Gasteiger partial charge in [-0.25, -0.2) is 14.8 Å². The van der Waals surface area contributed by atoms with Gasteiger partial charge in [-0.05, 0) is 23.8 Å². The van der Waals surface area contributed by atoms with Crippen LogP contribution < -0.4 is 10.2 Å². The molecule has 11 nitrogen and oxygen atoms in total. The fraction of sp³-hybridized carbons (Fsp3) is 0.360. The van der Waals surface area contributed by atoms with Gasteiger partial charge in [0.15, 0.2) is 6.10 Å². The van der Waals surface area contributed by atoms with E-state index in [4.69, 9.17) is 19.9 Å². The van der Waals surface area contributed by atoms with Crippen LogP contribution in [-0.2, 0) is 33.0 Å². The number of carbonyl (C=O) groups excluding carboxylic acids is 1. The largest absolute Gasteiger partial charge is 0.490 e. The van der Waals surface area contributed by atoms with E-state index in [9.17, 15) is 18.0 Å². The molecule has 14 heteroatoms. The molecule has 39 heavy (non-hydrogen) atoms. The summed E-state index contributed by atoms with van der Waals surface area (Å²) in [5.74, 6) is -1.18.